The van der Waals surface area contributed by atoms with Crippen LogP contribution >= 0.6 is 0 Å². The van der Waals surface area contributed by atoms with Crippen molar-refractivity contribution in [3.05, 3.63) is 24.3 Å². The van der Waals surface area contributed by atoms with Crippen LogP contribution in [0.3, 0.4) is 0 Å². The molecule has 124 valence electrons. The summed E-state index contributed by atoms with van der Waals surface area (Å²) in [7, 11) is 0. The molecule has 23 heavy (non-hydrogen) atoms. The molecule has 0 aromatic heterocycles. The van der Waals surface area contributed by atoms with E-state index >= 15 is 0 Å². The van der Waals surface area contributed by atoms with Gasteiger partial charge >= 0.3 is 0 Å². The van der Waals surface area contributed by atoms with E-state index in [-0.39, 0.29) is 30.4 Å². The van der Waals surface area contributed by atoms with Crippen LogP contribution in [0.1, 0.15) is 39.0 Å². The van der Waals surface area contributed by atoms with Crippen LogP contribution < -0.4 is 10.2 Å². The van der Waals surface area contributed by atoms with E-state index in [1.807, 2.05) is 31.2 Å². The average Bonchev–Trinajstić information content (AvgIpc) is 2.71. The molecule has 1 aromatic carbocycles. The third kappa shape index (κ3) is 3.72. The van der Waals surface area contributed by atoms with Crippen LogP contribution in [-0.4, -0.2) is 31.1 Å². The molecule has 2 amide bonds. The van der Waals surface area contributed by atoms with E-state index < -0.39 is 0 Å². The molecule has 1 fully saturated rings. The van der Waals surface area contributed by atoms with Crippen molar-refractivity contribution < 1.29 is 14.3 Å². The van der Waals surface area contributed by atoms with E-state index in [1.54, 1.807) is 4.90 Å². The van der Waals surface area contributed by atoms with Gasteiger partial charge in [0.25, 0.3) is 5.91 Å². The lowest BCUT2D eigenvalue weighted by Gasteiger charge is -2.26. The number of nitrogens with zero attached hydrogens (tertiary/aromatic N) is 1. The average molecular weight is 316 g/mol. The number of rotatable bonds is 3. The van der Waals surface area contributed by atoms with E-state index in [0.29, 0.717) is 12.2 Å². The molecule has 1 saturated carbocycles. The summed E-state index contributed by atoms with van der Waals surface area (Å²) in [5.74, 6) is -0.381. The number of fused-ring (bicyclic) bond motifs is 1. The van der Waals surface area contributed by atoms with Gasteiger partial charge in [-0.3, -0.25) is 9.59 Å². The van der Waals surface area contributed by atoms with Crippen molar-refractivity contribution in [1.82, 2.24) is 0 Å². The Morgan fingerprint density at radius 3 is 2.78 bits per heavy atom. The van der Waals surface area contributed by atoms with Crippen LogP contribution in [0.15, 0.2) is 24.3 Å². The monoisotopic (exact) mass is 316 g/mol. The number of nitrogens with one attached hydrogen (secondary N) is 1. The normalized spacial score (nSPS) is 22.2. The summed E-state index contributed by atoms with van der Waals surface area (Å²) >= 11 is 0. The lowest BCUT2D eigenvalue weighted by molar-refractivity contribution is -0.126. The van der Waals surface area contributed by atoms with E-state index in [0.717, 1.165) is 18.5 Å². The molecule has 5 heteroatoms. The summed E-state index contributed by atoms with van der Waals surface area (Å²) in [6.07, 6.45) is 5.91. The Hall–Kier alpha value is -1.88. The van der Waals surface area contributed by atoms with Crippen LogP contribution in [-0.2, 0) is 14.3 Å². The van der Waals surface area contributed by atoms with E-state index in [1.165, 1.54) is 19.3 Å². The van der Waals surface area contributed by atoms with Crippen LogP contribution in [0, 0.1) is 5.92 Å². The van der Waals surface area contributed by atoms with Gasteiger partial charge in [-0.2, -0.15) is 0 Å². The molecule has 0 radical (unpaired) electrons. The highest BCUT2D eigenvalue weighted by atomic mass is 16.5. The van der Waals surface area contributed by atoms with Crippen LogP contribution in [0.5, 0.6) is 0 Å². The SMILES string of the molecule is CC1CN(C(=O)COC2CCCCC2)c2ccccc2NC1=O. The number of carbonyl (C=O) groups is 2. The fourth-order valence-corrected chi connectivity index (χ4v) is 3.26. The third-order valence-corrected chi connectivity index (χ3v) is 4.65. The summed E-state index contributed by atoms with van der Waals surface area (Å²) in [6, 6.07) is 7.43. The molecule has 1 N–H and O–H groups in total. The lowest BCUT2D eigenvalue weighted by atomic mass is 9.98. The Balaban J connectivity index is 1.71. The van der Waals surface area contributed by atoms with Gasteiger partial charge in [0.2, 0.25) is 5.91 Å². The molecule has 0 spiro atoms. The molecule has 0 saturated heterocycles. The van der Waals surface area contributed by atoms with Crippen molar-refractivity contribution in [2.75, 3.05) is 23.4 Å². The number of para-hydroxylation sites is 2. The van der Waals surface area contributed by atoms with Crippen molar-refractivity contribution in [2.24, 2.45) is 5.92 Å². The van der Waals surface area contributed by atoms with Gasteiger partial charge in [0.15, 0.2) is 0 Å². The second kappa shape index (κ2) is 7.13. The Kier molecular flexibility index (Phi) is 4.96. The van der Waals surface area contributed by atoms with Crippen molar-refractivity contribution in [1.29, 1.82) is 0 Å². The molecular formula is C18H24N2O3. The minimum Gasteiger partial charge on any atom is -0.368 e. The maximum Gasteiger partial charge on any atom is 0.253 e. The van der Waals surface area contributed by atoms with Crippen molar-refractivity contribution in [3.8, 4) is 0 Å². The van der Waals surface area contributed by atoms with Gasteiger partial charge in [-0.15, -0.1) is 0 Å². The van der Waals surface area contributed by atoms with Gasteiger partial charge in [-0.05, 0) is 25.0 Å². The lowest BCUT2D eigenvalue weighted by Crippen LogP contribution is -2.39. The van der Waals surface area contributed by atoms with Crippen molar-refractivity contribution in [2.45, 2.75) is 45.1 Å². The second-order valence-corrected chi connectivity index (χ2v) is 6.48. The molecular weight excluding hydrogens is 292 g/mol. The zero-order chi connectivity index (χ0) is 16.2. The second-order valence-electron chi connectivity index (χ2n) is 6.48. The number of carbonyl (C=O) groups excluding carboxylic acids is 2. The largest absolute Gasteiger partial charge is 0.368 e. The molecule has 2 aliphatic rings. The first-order chi connectivity index (χ1) is 11.1. The van der Waals surface area contributed by atoms with Crippen molar-refractivity contribution >= 4 is 23.2 Å². The fourth-order valence-electron chi connectivity index (χ4n) is 3.26. The van der Waals surface area contributed by atoms with E-state index in [2.05, 4.69) is 5.32 Å². The van der Waals surface area contributed by atoms with Gasteiger partial charge < -0.3 is 15.0 Å². The molecule has 1 unspecified atom stereocenters. The maximum atomic E-state index is 12.7. The van der Waals surface area contributed by atoms with Gasteiger partial charge in [0, 0.05) is 6.54 Å². The topological polar surface area (TPSA) is 58.6 Å². The van der Waals surface area contributed by atoms with Crippen LogP contribution in [0.4, 0.5) is 11.4 Å². The highest BCUT2D eigenvalue weighted by molar-refractivity contribution is 6.04. The molecule has 5 nitrogen and oxygen atoms in total. The zero-order valence-electron chi connectivity index (χ0n) is 13.6. The molecule has 3 rings (SSSR count). The van der Waals surface area contributed by atoms with Gasteiger partial charge in [0.05, 0.1) is 23.4 Å². The fraction of sp³-hybridized carbons (Fsp3) is 0.556. The third-order valence-electron chi connectivity index (χ3n) is 4.65. The molecule has 1 aliphatic carbocycles. The Morgan fingerprint density at radius 2 is 2.00 bits per heavy atom. The van der Waals surface area contributed by atoms with E-state index in [9.17, 15) is 9.59 Å². The Morgan fingerprint density at radius 1 is 1.26 bits per heavy atom. The van der Waals surface area contributed by atoms with Crippen LogP contribution in [0.25, 0.3) is 0 Å². The predicted octanol–water partition coefficient (Wildman–Crippen LogP) is 2.96. The minimum absolute atomic E-state index is 0.0547. The summed E-state index contributed by atoms with van der Waals surface area (Å²) < 4.78 is 5.82. The zero-order valence-corrected chi connectivity index (χ0v) is 13.6. The Bertz CT molecular complexity index is 581. The molecule has 1 heterocycles. The summed E-state index contributed by atoms with van der Waals surface area (Å²) in [4.78, 5) is 26.4. The molecule has 1 atom stereocenters. The highest BCUT2D eigenvalue weighted by Crippen LogP contribution is 2.30. The Labute approximate surface area is 137 Å². The standard InChI is InChI=1S/C18H24N2O3/c1-13-11-20(16-10-6-5-9-15(16)19-18(13)22)17(21)12-23-14-7-3-2-4-8-14/h5-6,9-10,13-14H,2-4,7-8,11-12H2,1H3,(H,19,22). The number of hydrogen-bond acceptors (Lipinski definition) is 3. The first-order valence-corrected chi connectivity index (χ1v) is 8.47. The highest BCUT2D eigenvalue weighted by Gasteiger charge is 2.29. The van der Waals surface area contributed by atoms with Gasteiger partial charge in [-0.1, -0.05) is 38.3 Å². The van der Waals surface area contributed by atoms with Gasteiger partial charge in [0.1, 0.15) is 6.61 Å². The summed E-state index contributed by atoms with van der Waals surface area (Å²) in [5, 5.41) is 2.89. The predicted molar refractivity (Wildman–Crippen MR) is 89.4 cm³/mol. The number of anilines is 2. The summed E-state index contributed by atoms with van der Waals surface area (Å²) in [5.41, 5.74) is 1.44. The smallest absolute Gasteiger partial charge is 0.253 e. The summed E-state index contributed by atoms with van der Waals surface area (Å²) in [6.45, 7) is 2.30. The molecule has 1 aliphatic heterocycles. The number of amides is 2. The maximum absolute atomic E-state index is 12.7. The van der Waals surface area contributed by atoms with Crippen LogP contribution in [0.2, 0.25) is 0 Å². The number of ether oxygens (including phenoxy) is 1. The molecule has 0 bridgehead atoms. The first kappa shape index (κ1) is 16.0. The molecule has 1 aromatic rings. The van der Waals surface area contributed by atoms with Gasteiger partial charge in [-0.25, -0.2) is 0 Å². The first-order valence-electron chi connectivity index (χ1n) is 8.47. The quantitative estimate of drug-likeness (QED) is 0.932. The van der Waals surface area contributed by atoms with Crippen molar-refractivity contribution in [3.63, 3.8) is 0 Å². The number of benzene rings is 1. The minimum atomic E-state index is -0.249. The number of hydrogen-bond donors (Lipinski definition) is 1. The van der Waals surface area contributed by atoms with E-state index in [4.69, 9.17) is 4.74 Å².